The number of anilines is 1. The van der Waals surface area contributed by atoms with E-state index in [4.69, 9.17) is 4.74 Å². The highest BCUT2D eigenvalue weighted by atomic mass is 16.5. The summed E-state index contributed by atoms with van der Waals surface area (Å²) in [5.41, 5.74) is 2.50. The third-order valence-electron chi connectivity index (χ3n) is 5.48. The molecule has 4 rings (SSSR count). The maximum atomic E-state index is 5.47. The van der Waals surface area contributed by atoms with Crippen molar-refractivity contribution in [3.05, 3.63) is 54.0 Å². The van der Waals surface area contributed by atoms with Gasteiger partial charge in [0.15, 0.2) is 0 Å². The number of aromatic nitrogens is 2. The van der Waals surface area contributed by atoms with E-state index in [2.05, 4.69) is 61.5 Å². The Morgan fingerprint density at radius 1 is 1.04 bits per heavy atom. The van der Waals surface area contributed by atoms with Gasteiger partial charge in [-0.1, -0.05) is 30.3 Å². The summed E-state index contributed by atoms with van der Waals surface area (Å²) in [5.74, 6) is 1.35. The van der Waals surface area contributed by atoms with E-state index >= 15 is 0 Å². The minimum Gasteiger partial charge on any atom is -0.381 e. The van der Waals surface area contributed by atoms with Crippen LogP contribution in [0.2, 0.25) is 0 Å². The van der Waals surface area contributed by atoms with Crippen LogP contribution in [-0.2, 0) is 11.3 Å². The molecule has 0 aliphatic carbocycles. The predicted octanol–water partition coefficient (Wildman–Crippen LogP) is 2.21. The topological polar surface area (TPSA) is 53.5 Å². The lowest BCUT2D eigenvalue weighted by Gasteiger charge is -2.34. The Kier molecular flexibility index (Phi) is 6.29. The van der Waals surface area contributed by atoms with Gasteiger partial charge in [-0.05, 0) is 12.0 Å². The highest BCUT2D eigenvalue weighted by Gasteiger charge is 2.20. The number of nitrogens with one attached hydrogen (secondary N) is 1. The van der Waals surface area contributed by atoms with Crippen molar-refractivity contribution < 1.29 is 4.74 Å². The highest BCUT2D eigenvalue weighted by molar-refractivity contribution is 5.36. The van der Waals surface area contributed by atoms with Crippen molar-refractivity contribution in [2.24, 2.45) is 0 Å². The van der Waals surface area contributed by atoms with E-state index < -0.39 is 0 Å². The molecule has 0 saturated carbocycles. The van der Waals surface area contributed by atoms with Crippen molar-refractivity contribution in [3.8, 4) is 0 Å². The van der Waals surface area contributed by atoms with Gasteiger partial charge in [0.2, 0.25) is 0 Å². The average molecular weight is 367 g/mol. The SMILES string of the molecule is c1ccc(CN2CCN(CCNc3cc([C@H]4CCOC4)ncn3)CC2)cc1. The summed E-state index contributed by atoms with van der Waals surface area (Å²) in [5, 5.41) is 3.46. The zero-order valence-electron chi connectivity index (χ0n) is 15.9. The molecule has 1 aromatic carbocycles. The first kappa shape index (κ1) is 18.3. The maximum Gasteiger partial charge on any atom is 0.129 e. The summed E-state index contributed by atoms with van der Waals surface area (Å²) in [6.45, 7) is 9.16. The lowest BCUT2D eigenvalue weighted by atomic mass is 10.1. The minimum atomic E-state index is 0.422. The lowest BCUT2D eigenvalue weighted by Crippen LogP contribution is -2.47. The first-order chi connectivity index (χ1) is 13.4. The van der Waals surface area contributed by atoms with Crippen LogP contribution in [-0.4, -0.2) is 72.3 Å². The van der Waals surface area contributed by atoms with E-state index in [0.29, 0.717) is 5.92 Å². The summed E-state index contributed by atoms with van der Waals surface area (Å²) in [4.78, 5) is 13.8. The molecule has 2 fully saturated rings. The van der Waals surface area contributed by atoms with Crippen LogP contribution in [0.15, 0.2) is 42.7 Å². The van der Waals surface area contributed by atoms with Crippen molar-refractivity contribution in [1.82, 2.24) is 19.8 Å². The maximum absolute atomic E-state index is 5.47. The van der Waals surface area contributed by atoms with Crippen molar-refractivity contribution in [2.45, 2.75) is 18.9 Å². The average Bonchev–Trinajstić information content (AvgIpc) is 3.25. The molecule has 1 N–H and O–H groups in total. The molecular formula is C21H29N5O. The van der Waals surface area contributed by atoms with Crippen LogP contribution in [0.1, 0.15) is 23.6 Å². The normalized spacial score (nSPS) is 21.4. The van der Waals surface area contributed by atoms with Crippen LogP contribution in [0.25, 0.3) is 0 Å². The minimum absolute atomic E-state index is 0.422. The van der Waals surface area contributed by atoms with Crippen LogP contribution < -0.4 is 5.32 Å². The molecule has 3 heterocycles. The smallest absolute Gasteiger partial charge is 0.129 e. The molecule has 0 radical (unpaired) electrons. The molecule has 2 aromatic rings. The molecule has 0 spiro atoms. The third kappa shape index (κ3) is 5.25. The standard InChI is InChI=1S/C21H29N5O/c1-2-4-18(5-3-1)15-26-11-9-25(10-12-26)8-7-22-21-14-20(23-17-24-21)19-6-13-27-16-19/h1-5,14,17,19H,6-13,15-16H2,(H,22,23,24)/t19-/m0/s1. The van der Waals surface area contributed by atoms with E-state index in [1.807, 2.05) is 0 Å². The van der Waals surface area contributed by atoms with Gasteiger partial charge in [0, 0.05) is 64.4 Å². The molecule has 0 unspecified atom stereocenters. The van der Waals surface area contributed by atoms with Crippen LogP contribution in [0, 0.1) is 0 Å². The van der Waals surface area contributed by atoms with Crippen molar-refractivity contribution in [2.75, 3.05) is 57.8 Å². The van der Waals surface area contributed by atoms with Gasteiger partial charge in [0.25, 0.3) is 0 Å². The number of benzene rings is 1. The number of hydrogen-bond acceptors (Lipinski definition) is 6. The molecule has 0 amide bonds. The van der Waals surface area contributed by atoms with Crippen LogP contribution in [0.5, 0.6) is 0 Å². The van der Waals surface area contributed by atoms with Gasteiger partial charge >= 0.3 is 0 Å². The van der Waals surface area contributed by atoms with Gasteiger partial charge in [-0.3, -0.25) is 9.80 Å². The van der Waals surface area contributed by atoms with Gasteiger partial charge in [-0.25, -0.2) is 9.97 Å². The number of nitrogens with zero attached hydrogens (tertiary/aromatic N) is 4. The number of hydrogen-bond donors (Lipinski definition) is 1. The molecule has 27 heavy (non-hydrogen) atoms. The fourth-order valence-corrected chi connectivity index (χ4v) is 3.81. The summed E-state index contributed by atoms with van der Waals surface area (Å²) in [7, 11) is 0. The van der Waals surface area contributed by atoms with Crippen molar-refractivity contribution in [1.29, 1.82) is 0 Å². The molecular weight excluding hydrogens is 338 g/mol. The number of piperazine rings is 1. The Balaban J connectivity index is 1.18. The Labute approximate surface area is 161 Å². The molecule has 6 heteroatoms. The second-order valence-electron chi connectivity index (χ2n) is 7.42. The molecule has 1 atom stereocenters. The Morgan fingerprint density at radius 3 is 2.63 bits per heavy atom. The molecule has 2 saturated heterocycles. The first-order valence-corrected chi connectivity index (χ1v) is 9.99. The van der Waals surface area contributed by atoms with Crippen LogP contribution >= 0.6 is 0 Å². The van der Waals surface area contributed by atoms with E-state index in [9.17, 15) is 0 Å². The second kappa shape index (κ2) is 9.26. The molecule has 6 nitrogen and oxygen atoms in total. The summed E-state index contributed by atoms with van der Waals surface area (Å²) in [6.07, 6.45) is 2.72. The quantitative estimate of drug-likeness (QED) is 0.810. The monoisotopic (exact) mass is 367 g/mol. The van der Waals surface area contributed by atoms with Gasteiger partial charge < -0.3 is 10.1 Å². The fourth-order valence-electron chi connectivity index (χ4n) is 3.81. The Morgan fingerprint density at radius 2 is 1.85 bits per heavy atom. The largest absolute Gasteiger partial charge is 0.381 e. The van der Waals surface area contributed by atoms with E-state index in [1.54, 1.807) is 6.33 Å². The summed E-state index contributed by atoms with van der Waals surface area (Å²) >= 11 is 0. The van der Waals surface area contributed by atoms with Gasteiger partial charge in [0.1, 0.15) is 12.1 Å². The predicted molar refractivity (Wildman–Crippen MR) is 107 cm³/mol. The molecule has 0 bridgehead atoms. The molecule has 2 aliphatic rings. The molecule has 1 aromatic heterocycles. The van der Waals surface area contributed by atoms with Gasteiger partial charge in [-0.2, -0.15) is 0 Å². The van der Waals surface area contributed by atoms with Crippen molar-refractivity contribution >= 4 is 5.82 Å². The lowest BCUT2D eigenvalue weighted by molar-refractivity contribution is 0.130. The van der Waals surface area contributed by atoms with Gasteiger partial charge in [-0.15, -0.1) is 0 Å². The van der Waals surface area contributed by atoms with Crippen LogP contribution in [0.3, 0.4) is 0 Å². The number of ether oxygens (including phenoxy) is 1. The molecule has 144 valence electrons. The third-order valence-corrected chi connectivity index (χ3v) is 5.48. The summed E-state index contributed by atoms with van der Waals surface area (Å²) in [6, 6.07) is 12.8. The second-order valence-corrected chi connectivity index (χ2v) is 7.42. The van der Waals surface area contributed by atoms with E-state index in [0.717, 1.165) is 77.0 Å². The molecule has 2 aliphatic heterocycles. The van der Waals surface area contributed by atoms with Crippen molar-refractivity contribution in [3.63, 3.8) is 0 Å². The van der Waals surface area contributed by atoms with Crippen LogP contribution in [0.4, 0.5) is 5.82 Å². The fraction of sp³-hybridized carbons (Fsp3) is 0.524. The van der Waals surface area contributed by atoms with Gasteiger partial charge in [0.05, 0.1) is 12.3 Å². The zero-order chi connectivity index (χ0) is 18.3. The summed E-state index contributed by atoms with van der Waals surface area (Å²) < 4.78 is 5.47. The van der Waals surface area contributed by atoms with E-state index in [1.165, 1.54) is 5.56 Å². The van der Waals surface area contributed by atoms with E-state index in [-0.39, 0.29) is 0 Å². The number of rotatable bonds is 7. The Hall–Kier alpha value is -2.02. The Bertz CT molecular complexity index is 697. The first-order valence-electron chi connectivity index (χ1n) is 9.99. The highest BCUT2D eigenvalue weighted by Crippen LogP contribution is 2.24. The zero-order valence-corrected chi connectivity index (χ0v) is 15.9.